The van der Waals surface area contributed by atoms with Gasteiger partial charge < -0.3 is 16.4 Å². The first-order chi connectivity index (χ1) is 16.1. The van der Waals surface area contributed by atoms with Gasteiger partial charge in [0.2, 0.25) is 0 Å². The summed E-state index contributed by atoms with van der Waals surface area (Å²) in [6.07, 6.45) is 2.13. The van der Waals surface area contributed by atoms with Crippen molar-refractivity contribution in [3.05, 3.63) is 102 Å². The van der Waals surface area contributed by atoms with E-state index in [-0.39, 0.29) is 11.9 Å². The number of nitrogens with two attached hydrogens (primary N) is 2. The Hall–Kier alpha value is -3.93. The molecule has 4 N–H and O–H groups in total. The van der Waals surface area contributed by atoms with Crippen LogP contribution in [0.15, 0.2) is 94.9 Å². The van der Waals surface area contributed by atoms with E-state index in [1.807, 2.05) is 89.8 Å². The smallest absolute Gasteiger partial charge is 0.252 e. The molecule has 1 aliphatic rings. The van der Waals surface area contributed by atoms with Gasteiger partial charge in [0, 0.05) is 30.6 Å². The Bertz CT molecular complexity index is 1140. The molecule has 1 aliphatic heterocycles. The highest BCUT2D eigenvalue weighted by atomic mass is 16.2. The van der Waals surface area contributed by atoms with E-state index in [4.69, 9.17) is 16.5 Å². The number of hydrogen-bond donors (Lipinski definition) is 2. The predicted molar refractivity (Wildman–Crippen MR) is 135 cm³/mol. The summed E-state index contributed by atoms with van der Waals surface area (Å²) in [7, 11) is 0. The molecule has 4 rings (SSSR count). The number of aliphatic imine (C=N–C) groups is 2. The van der Waals surface area contributed by atoms with E-state index in [0.29, 0.717) is 19.5 Å². The minimum absolute atomic E-state index is 0.0130. The number of unbranched alkanes of at least 4 members (excludes halogenated alkanes) is 1. The predicted octanol–water partition coefficient (Wildman–Crippen LogP) is 3.54. The normalized spacial score (nSPS) is 15.4. The monoisotopic (exact) mass is 439 g/mol. The Labute approximate surface area is 194 Å². The fraction of sp³-hybridized carbons (Fsp3) is 0.222. The summed E-state index contributed by atoms with van der Waals surface area (Å²) in [5.41, 5.74) is 15.7. The molecule has 0 fully saturated rings. The number of anilines is 1. The number of rotatable bonds is 8. The van der Waals surface area contributed by atoms with Gasteiger partial charge in [-0.1, -0.05) is 78.9 Å². The minimum Gasteiger partial charge on any atom is -0.370 e. The molecule has 0 saturated heterocycles. The largest absolute Gasteiger partial charge is 0.370 e. The number of para-hydroxylation sites is 1. The Morgan fingerprint density at radius 1 is 0.879 bits per heavy atom. The summed E-state index contributed by atoms with van der Waals surface area (Å²) >= 11 is 0. The molecule has 0 saturated carbocycles. The van der Waals surface area contributed by atoms with Crippen LogP contribution in [0.25, 0.3) is 0 Å². The zero-order chi connectivity index (χ0) is 23.0. The van der Waals surface area contributed by atoms with Crippen LogP contribution in [0.4, 0.5) is 5.69 Å². The Morgan fingerprint density at radius 2 is 1.55 bits per heavy atom. The zero-order valence-corrected chi connectivity index (χ0v) is 18.6. The standard InChI is InChI=1S/C27H29N5O/c28-27(29)30-17-9-10-18-32-24-16-8-7-15-22(24)25(21-13-5-2-6-14-21)31-23(26(32)33)19-20-11-3-1-4-12-20/h1-8,11-16,23H,9-10,17-19H2,(H4,28,29,30)/t23-/m0/s1. The second kappa shape index (κ2) is 10.6. The maximum Gasteiger partial charge on any atom is 0.252 e. The van der Waals surface area contributed by atoms with Crippen LogP contribution in [0.1, 0.15) is 29.5 Å². The van der Waals surface area contributed by atoms with Gasteiger partial charge in [0.1, 0.15) is 6.04 Å². The maximum atomic E-state index is 13.8. The molecule has 168 valence electrons. The van der Waals surface area contributed by atoms with Gasteiger partial charge >= 0.3 is 0 Å². The van der Waals surface area contributed by atoms with E-state index >= 15 is 0 Å². The fourth-order valence-corrected chi connectivity index (χ4v) is 4.11. The number of carbonyl (C=O) groups excluding carboxylic acids is 1. The second-order valence-electron chi connectivity index (χ2n) is 8.07. The molecule has 6 heteroatoms. The van der Waals surface area contributed by atoms with E-state index in [1.54, 1.807) is 0 Å². The molecular formula is C27H29N5O. The van der Waals surface area contributed by atoms with Gasteiger partial charge in [0.05, 0.1) is 11.4 Å². The van der Waals surface area contributed by atoms with Crippen LogP contribution in [0.2, 0.25) is 0 Å². The van der Waals surface area contributed by atoms with E-state index < -0.39 is 6.04 Å². The SMILES string of the molecule is NC(N)=NCCCCN1C(=O)[C@H](Cc2ccccc2)N=C(c2ccccc2)c2ccccc21. The van der Waals surface area contributed by atoms with E-state index in [2.05, 4.69) is 4.99 Å². The zero-order valence-electron chi connectivity index (χ0n) is 18.6. The molecule has 1 atom stereocenters. The van der Waals surface area contributed by atoms with Crippen molar-refractivity contribution in [2.24, 2.45) is 21.5 Å². The van der Waals surface area contributed by atoms with Crippen LogP contribution >= 0.6 is 0 Å². The lowest BCUT2D eigenvalue weighted by molar-refractivity contribution is -0.119. The first-order valence-corrected chi connectivity index (χ1v) is 11.3. The first kappa shape index (κ1) is 22.3. The Kier molecular flexibility index (Phi) is 7.15. The van der Waals surface area contributed by atoms with Crippen molar-refractivity contribution in [1.29, 1.82) is 0 Å². The highest BCUT2D eigenvalue weighted by Gasteiger charge is 2.31. The molecule has 0 spiro atoms. The van der Waals surface area contributed by atoms with Gasteiger partial charge in [-0.05, 0) is 24.5 Å². The number of benzodiazepines with no additional fused rings is 1. The topological polar surface area (TPSA) is 97.1 Å². The van der Waals surface area contributed by atoms with Gasteiger partial charge in [-0.25, -0.2) is 0 Å². The number of carbonyl (C=O) groups is 1. The van der Waals surface area contributed by atoms with Crippen molar-refractivity contribution in [2.75, 3.05) is 18.0 Å². The van der Waals surface area contributed by atoms with Crippen LogP contribution in [-0.2, 0) is 11.2 Å². The van der Waals surface area contributed by atoms with Gasteiger partial charge in [0.15, 0.2) is 5.96 Å². The number of fused-ring (bicyclic) bond motifs is 1. The highest BCUT2D eigenvalue weighted by Crippen LogP contribution is 2.29. The number of benzene rings is 3. The molecule has 1 amide bonds. The first-order valence-electron chi connectivity index (χ1n) is 11.3. The molecule has 3 aromatic carbocycles. The lowest BCUT2D eigenvalue weighted by Crippen LogP contribution is -2.39. The van der Waals surface area contributed by atoms with Crippen molar-refractivity contribution >= 4 is 23.3 Å². The van der Waals surface area contributed by atoms with Crippen LogP contribution in [0.5, 0.6) is 0 Å². The summed E-state index contributed by atoms with van der Waals surface area (Å²) < 4.78 is 0. The Balaban J connectivity index is 1.71. The molecule has 1 heterocycles. The van der Waals surface area contributed by atoms with E-state index in [9.17, 15) is 4.79 Å². The molecule has 6 nitrogen and oxygen atoms in total. The lowest BCUT2D eigenvalue weighted by Gasteiger charge is -2.25. The number of nitrogens with zero attached hydrogens (tertiary/aromatic N) is 3. The summed E-state index contributed by atoms with van der Waals surface area (Å²) in [5, 5.41) is 0. The van der Waals surface area contributed by atoms with Crippen molar-refractivity contribution in [1.82, 2.24) is 0 Å². The van der Waals surface area contributed by atoms with E-state index in [1.165, 1.54) is 0 Å². The molecule has 0 aliphatic carbocycles. The number of hydrogen-bond acceptors (Lipinski definition) is 3. The summed E-state index contributed by atoms with van der Waals surface area (Å²) in [4.78, 5) is 24.8. The average molecular weight is 440 g/mol. The van der Waals surface area contributed by atoms with Crippen molar-refractivity contribution < 1.29 is 4.79 Å². The van der Waals surface area contributed by atoms with Crippen molar-refractivity contribution in [2.45, 2.75) is 25.3 Å². The van der Waals surface area contributed by atoms with Crippen LogP contribution in [0, 0.1) is 0 Å². The van der Waals surface area contributed by atoms with Gasteiger partial charge in [-0.2, -0.15) is 0 Å². The third-order valence-electron chi connectivity index (χ3n) is 5.69. The lowest BCUT2D eigenvalue weighted by atomic mass is 10.00. The molecule has 0 unspecified atom stereocenters. The Morgan fingerprint density at radius 3 is 2.27 bits per heavy atom. The molecular weight excluding hydrogens is 410 g/mol. The van der Waals surface area contributed by atoms with Gasteiger partial charge in [0.25, 0.3) is 5.91 Å². The van der Waals surface area contributed by atoms with Crippen molar-refractivity contribution in [3.63, 3.8) is 0 Å². The number of guanidine groups is 1. The molecule has 0 bridgehead atoms. The quantitative estimate of drug-likeness (QED) is 0.319. The van der Waals surface area contributed by atoms with Gasteiger partial charge in [-0.15, -0.1) is 0 Å². The third-order valence-corrected chi connectivity index (χ3v) is 5.69. The summed E-state index contributed by atoms with van der Waals surface area (Å²) in [6.45, 7) is 1.13. The van der Waals surface area contributed by atoms with Crippen LogP contribution in [-0.4, -0.2) is 36.7 Å². The fourth-order valence-electron chi connectivity index (χ4n) is 4.11. The molecule has 3 aromatic rings. The van der Waals surface area contributed by atoms with Crippen LogP contribution in [0.3, 0.4) is 0 Å². The summed E-state index contributed by atoms with van der Waals surface area (Å²) in [5.74, 6) is 0.106. The van der Waals surface area contributed by atoms with Gasteiger partial charge in [-0.3, -0.25) is 14.8 Å². The minimum atomic E-state index is -0.507. The average Bonchev–Trinajstić information content (AvgIpc) is 2.95. The van der Waals surface area contributed by atoms with Crippen molar-refractivity contribution in [3.8, 4) is 0 Å². The molecule has 0 radical (unpaired) electrons. The molecule has 0 aromatic heterocycles. The van der Waals surface area contributed by atoms with E-state index in [0.717, 1.165) is 40.9 Å². The third kappa shape index (κ3) is 5.47. The maximum absolute atomic E-state index is 13.8. The highest BCUT2D eigenvalue weighted by molar-refractivity contribution is 6.20. The number of amides is 1. The van der Waals surface area contributed by atoms with Crippen LogP contribution < -0.4 is 16.4 Å². The molecule has 33 heavy (non-hydrogen) atoms. The summed E-state index contributed by atoms with van der Waals surface area (Å²) in [6, 6.07) is 27.7. The second-order valence-corrected chi connectivity index (χ2v) is 8.07.